The normalized spacial score (nSPS) is 27.4. The van der Waals surface area contributed by atoms with Crippen molar-refractivity contribution in [1.29, 1.82) is 0 Å². The lowest BCUT2D eigenvalue weighted by atomic mass is 9.85. The molecule has 22 heavy (non-hydrogen) atoms. The van der Waals surface area contributed by atoms with E-state index in [0.717, 1.165) is 12.8 Å². The zero-order valence-corrected chi connectivity index (χ0v) is 14.0. The number of nitrogens with zero attached hydrogens (tertiary/aromatic N) is 1. The fraction of sp³-hybridized carbons (Fsp3) is 0.875. The van der Waals surface area contributed by atoms with E-state index >= 15 is 0 Å². The van der Waals surface area contributed by atoms with E-state index in [-0.39, 0.29) is 12.5 Å². The van der Waals surface area contributed by atoms with E-state index < -0.39 is 17.1 Å². The fourth-order valence-corrected chi connectivity index (χ4v) is 3.45. The second kappa shape index (κ2) is 6.07. The largest absolute Gasteiger partial charge is 0.481 e. The van der Waals surface area contributed by atoms with Gasteiger partial charge in [0.1, 0.15) is 5.60 Å². The van der Waals surface area contributed by atoms with Gasteiger partial charge in [0.25, 0.3) is 0 Å². The Bertz CT molecular complexity index is 438. The fourth-order valence-electron chi connectivity index (χ4n) is 3.45. The molecular formula is C16H28N2O4. The van der Waals surface area contributed by atoms with Gasteiger partial charge in [-0.25, -0.2) is 4.79 Å². The molecule has 6 nitrogen and oxygen atoms in total. The van der Waals surface area contributed by atoms with Crippen LogP contribution in [0.3, 0.4) is 0 Å². The summed E-state index contributed by atoms with van der Waals surface area (Å²) < 4.78 is 5.34. The number of carboxylic acids is 1. The minimum atomic E-state index is -0.831. The molecule has 2 unspecified atom stereocenters. The Kier molecular flexibility index (Phi) is 4.70. The molecular weight excluding hydrogens is 284 g/mol. The molecule has 1 aliphatic carbocycles. The predicted octanol–water partition coefficient (Wildman–Crippen LogP) is 2.23. The van der Waals surface area contributed by atoms with Gasteiger partial charge < -0.3 is 20.1 Å². The number of aliphatic carboxylic acids is 1. The minimum Gasteiger partial charge on any atom is -0.481 e. The molecule has 1 saturated carbocycles. The van der Waals surface area contributed by atoms with Crippen molar-refractivity contribution in [3.05, 3.63) is 0 Å². The molecule has 1 heterocycles. The number of amides is 1. The molecule has 0 aromatic rings. The second-order valence-corrected chi connectivity index (χ2v) is 7.95. The lowest BCUT2D eigenvalue weighted by Crippen LogP contribution is -2.72. The lowest BCUT2D eigenvalue weighted by Gasteiger charge is -2.51. The Morgan fingerprint density at radius 3 is 2.41 bits per heavy atom. The summed E-state index contributed by atoms with van der Waals surface area (Å²) in [5, 5.41) is 12.7. The summed E-state index contributed by atoms with van der Waals surface area (Å²) in [5.74, 6) is -0.149. The van der Waals surface area contributed by atoms with Gasteiger partial charge in [0, 0.05) is 19.1 Å². The minimum absolute atomic E-state index is 0.0389. The maximum Gasteiger partial charge on any atom is 0.410 e. The maximum absolute atomic E-state index is 12.0. The first-order chi connectivity index (χ1) is 10.1. The van der Waals surface area contributed by atoms with Gasteiger partial charge in [0.15, 0.2) is 0 Å². The third-order valence-corrected chi connectivity index (χ3v) is 4.33. The highest BCUT2D eigenvalue weighted by Gasteiger charge is 2.49. The molecule has 0 radical (unpaired) electrons. The molecule has 1 aliphatic heterocycles. The number of rotatable bonds is 4. The molecule has 0 aromatic carbocycles. The summed E-state index contributed by atoms with van der Waals surface area (Å²) in [7, 11) is 0. The Balaban J connectivity index is 1.93. The zero-order chi connectivity index (χ0) is 16.5. The van der Waals surface area contributed by atoms with Crippen LogP contribution < -0.4 is 5.32 Å². The van der Waals surface area contributed by atoms with Gasteiger partial charge in [-0.15, -0.1) is 0 Å². The highest BCUT2D eigenvalue weighted by molar-refractivity contribution is 5.73. The summed E-state index contributed by atoms with van der Waals surface area (Å²) in [6.45, 7) is 8.51. The van der Waals surface area contributed by atoms with Crippen LogP contribution in [0.25, 0.3) is 0 Å². The molecule has 126 valence electrons. The monoisotopic (exact) mass is 312 g/mol. The van der Waals surface area contributed by atoms with Crippen LogP contribution in [0, 0.1) is 5.92 Å². The van der Waals surface area contributed by atoms with E-state index in [0.29, 0.717) is 25.0 Å². The number of hydrogen-bond donors (Lipinski definition) is 2. The van der Waals surface area contributed by atoms with Crippen LogP contribution in [0.5, 0.6) is 0 Å². The van der Waals surface area contributed by atoms with E-state index in [1.165, 1.54) is 6.42 Å². The van der Waals surface area contributed by atoms with Crippen molar-refractivity contribution >= 4 is 12.1 Å². The van der Waals surface area contributed by atoms with Crippen molar-refractivity contribution in [2.45, 2.75) is 70.6 Å². The molecule has 0 spiro atoms. The Morgan fingerprint density at radius 1 is 1.32 bits per heavy atom. The summed E-state index contributed by atoms with van der Waals surface area (Å²) in [5.41, 5.74) is -1.03. The zero-order valence-electron chi connectivity index (χ0n) is 14.0. The predicted molar refractivity (Wildman–Crippen MR) is 82.7 cm³/mol. The number of likely N-dealkylation sites (tertiary alicyclic amines) is 1. The number of carbonyl (C=O) groups is 2. The standard InChI is InChI=1S/C16H28N2O4/c1-11-5-6-12(7-11)17-16(8-13(19)20)9-18(10-16)14(21)22-15(2,3)4/h11-12,17H,5-10H2,1-4H3,(H,19,20). The molecule has 2 aliphatic rings. The smallest absolute Gasteiger partial charge is 0.410 e. The van der Waals surface area contributed by atoms with E-state index in [9.17, 15) is 14.7 Å². The maximum atomic E-state index is 12.0. The van der Waals surface area contributed by atoms with Gasteiger partial charge in [0.2, 0.25) is 0 Å². The van der Waals surface area contributed by atoms with Crippen LogP contribution in [0.2, 0.25) is 0 Å². The number of nitrogens with one attached hydrogen (secondary N) is 1. The highest BCUT2D eigenvalue weighted by atomic mass is 16.6. The molecule has 2 fully saturated rings. The lowest BCUT2D eigenvalue weighted by molar-refractivity contribution is -0.141. The van der Waals surface area contributed by atoms with Gasteiger partial charge >= 0.3 is 12.1 Å². The molecule has 2 N–H and O–H groups in total. The van der Waals surface area contributed by atoms with Gasteiger partial charge in [-0.1, -0.05) is 6.92 Å². The summed E-state index contributed by atoms with van der Waals surface area (Å²) >= 11 is 0. The third-order valence-electron chi connectivity index (χ3n) is 4.33. The van der Waals surface area contributed by atoms with E-state index in [2.05, 4.69) is 12.2 Å². The van der Waals surface area contributed by atoms with Crippen molar-refractivity contribution in [3.63, 3.8) is 0 Å². The Labute approximate surface area is 132 Å². The first-order valence-corrected chi connectivity index (χ1v) is 8.06. The number of carbonyl (C=O) groups excluding carboxylic acids is 1. The van der Waals surface area contributed by atoms with Crippen molar-refractivity contribution in [2.75, 3.05) is 13.1 Å². The third kappa shape index (κ3) is 4.35. The van der Waals surface area contributed by atoms with Gasteiger partial charge in [-0.05, 0) is 46.0 Å². The summed E-state index contributed by atoms with van der Waals surface area (Å²) in [6.07, 6.45) is 3.01. The van der Waals surface area contributed by atoms with Crippen LogP contribution in [0.15, 0.2) is 0 Å². The number of carboxylic acid groups (broad SMARTS) is 1. The molecule has 6 heteroatoms. The molecule has 1 amide bonds. The first kappa shape index (κ1) is 17.1. The SMILES string of the molecule is CC1CCC(NC2(CC(=O)O)CN(C(=O)OC(C)(C)C)C2)C1. The average molecular weight is 312 g/mol. The average Bonchev–Trinajstić information content (AvgIpc) is 2.67. The van der Waals surface area contributed by atoms with Crippen molar-refractivity contribution in [3.8, 4) is 0 Å². The summed E-state index contributed by atoms with van der Waals surface area (Å²) in [6, 6.07) is 0.357. The van der Waals surface area contributed by atoms with E-state index in [1.807, 2.05) is 20.8 Å². The van der Waals surface area contributed by atoms with E-state index in [1.54, 1.807) is 4.90 Å². The van der Waals surface area contributed by atoms with Gasteiger partial charge in [0.05, 0.1) is 12.0 Å². The Hall–Kier alpha value is -1.30. The molecule has 0 bridgehead atoms. The Morgan fingerprint density at radius 2 is 1.95 bits per heavy atom. The molecule has 2 rings (SSSR count). The van der Waals surface area contributed by atoms with Gasteiger partial charge in [-0.2, -0.15) is 0 Å². The quantitative estimate of drug-likeness (QED) is 0.832. The summed E-state index contributed by atoms with van der Waals surface area (Å²) in [4.78, 5) is 24.8. The van der Waals surface area contributed by atoms with Crippen molar-refractivity contribution in [1.82, 2.24) is 10.2 Å². The first-order valence-electron chi connectivity index (χ1n) is 8.06. The van der Waals surface area contributed by atoms with Crippen LogP contribution in [0.1, 0.15) is 53.4 Å². The molecule has 1 saturated heterocycles. The molecule has 2 atom stereocenters. The van der Waals surface area contributed by atoms with Crippen LogP contribution in [-0.2, 0) is 9.53 Å². The number of hydrogen-bond acceptors (Lipinski definition) is 4. The van der Waals surface area contributed by atoms with Crippen molar-refractivity contribution < 1.29 is 19.4 Å². The molecule has 0 aromatic heterocycles. The number of ether oxygens (including phenoxy) is 1. The van der Waals surface area contributed by atoms with Crippen LogP contribution in [0.4, 0.5) is 4.79 Å². The second-order valence-electron chi connectivity index (χ2n) is 7.95. The van der Waals surface area contributed by atoms with Crippen molar-refractivity contribution in [2.24, 2.45) is 5.92 Å². The van der Waals surface area contributed by atoms with Gasteiger partial charge in [-0.3, -0.25) is 4.79 Å². The van der Waals surface area contributed by atoms with E-state index in [4.69, 9.17) is 4.74 Å². The van der Waals surface area contributed by atoms with Crippen LogP contribution in [-0.4, -0.2) is 52.3 Å². The highest BCUT2D eigenvalue weighted by Crippen LogP contribution is 2.32. The topological polar surface area (TPSA) is 78.9 Å². The van der Waals surface area contributed by atoms with Crippen LogP contribution >= 0.6 is 0 Å².